The summed E-state index contributed by atoms with van der Waals surface area (Å²) in [5, 5.41) is 0. The largest absolute Gasteiger partial charge is 0.465 e. The number of carbonyl (C=O) groups excluding carboxylic acids is 3. The van der Waals surface area contributed by atoms with Crippen molar-refractivity contribution in [2.75, 3.05) is 19.7 Å². The van der Waals surface area contributed by atoms with Crippen LogP contribution in [0.3, 0.4) is 0 Å². The van der Waals surface area contributed by atoms with Gasteiger partial charge < -0.3 is 20.1 Å². The molecule has 3 N–H and O–H groups in total. The van der Waals surface area contributed by atoms with Crippen LogP contribution in [0.4, 0.5) is 0 Å². The molecule has 0 aliphatic rings. The van der Waals surface area contributed by atoms with Gasteiger partial charge in [0, 0.05) is 18.8 Å². The Morgan fingerprint density at radius 1 is 1.29 bits per heavy atom. The van der Waals surface area contributed by atoms with Crippen LogP contribution in [0.25, 0.3) is 0 Å². The minimum atomic E-state index is -1.20. The molecule has 1 unspecified atom stereocenters. The number of amides is 1. The molecule has 1 amide bonds. The fourth-order valence-electron chi connectivity index (χ4n) is 2.12. The lowest BCUT2D eigenvalue weighted by Gasteiger charge is -2.27. The van der Waals surface area contributed by atoms with Crippen molar-refractivity contribution in [2.24, 2.45) is 5.73 Å². The third kappa shape index (κ3) is 7.74. The van der Waals surface area contributed by atoms with Crippen molar-refractivity contribution < 1.29 is 23.9 Å². The number of ether oxygens (including phenoxy) is 2. The highest BCUT2D eigenvalue weighted by atomic mass is 16.6. The SMILES string of the molecule is CCOC(=O)CN(CC(N)C(=O)OC(C)(C)C)C(=O)Cn1ccc(=O)[nH]c1=O. The highest BCUT2D eigenvalue weighted by Gasteiger charge is 2.27. The van der Waals surface area contributed by atoms with Gasteiger partial charge >= 0.3 is 17.6 Å². The standard InChI is InChI=1S/C17H26N4O7/c1-5-27-14(24)10-21(8-11(18)15(25)28-17(2,3)4)13(23)9-20-7-6-12(22)19-16(20)26/h6-7,11H,5,8-10,18H2,1-4H3,(H,19,22,26). The minimum absolute atomic E-state index is 0.109. The topological polar surface area (TPSA) is 154 Å². The van der Waals surface area contributed by atoms with Crippen LogP contribution in [0.15, 0.2) is 21.9 Å². The van der Waals surface area contributed by atoms with Gasteiger partial charge in [-0.2, -0.15) is 0 Å². The first-order chi connectivity index (χ1) is 12.9. The lowest BCUT2D eigenvalue weighted by molar-refractivity contribution is -0.158. The van der Waals surface area contributed by atoms with Crippen molar-refractivity contribution in [3.05, 3.63) is 33.1 Å². The predicted molar refractivity (Wildman–Crippen MR) is 98.4 cm³/mol. The lowest BCUT2D eigenvalue weighted by atomic mass is 10.2. The molecule has 0 radical (unpaired) electrons. The van der Waals surface area contributed by atoms with Crippen molar-refractivity contribution in [1.29, 1.82) is 0 Å². The number of nitrogens with one attached hydrogen (secondary N) is 1. The van der Waals surface area contributed by atoms with Gasteiger partial charge in [0.05, 0.1) is 6.61 Å². The monoisotopic (exact) mass is 398 g/mol. The average Bonchev–Trinajstić information content (AvgIpc) is 2.55. The Morgan fingerprint density at radius 3 is 2.46 bits per heavy atom. The Bertz CT molecular complexity index is 822. The molecule has 1 aromatic rings. The minimum Gasteiger partial charge on any atom is -0.465 e. The number of rotatable bonds is 8. The third-order valence-corrected chi connectivity index (χ3v) is 3.31. The summed E-state index contributed by atoms with van der Waals surface area (Å²) in [4.78, 5) is 62.4. The summed E-state index contributed by atoms with van der Waals surface area (Å²) in [7, 11) is 0. The Kier molecular flexibility index (Phi) is 8.11. The van der Waals surface area contributed by atoms with Gasteiger partial charge in [0.1, 0.15) is 24.7 Å². The normalized spacial score (nSPS) is 12.2. The van der Waals surface area contributed by atoms with Gasteiger partial charge in [-0.15, -0.1) is 0 Å². The van der Waals surface area contributed by atoms with E-state index in [9.17, 15) is 24.0 Å². The lowest BCUT2D eigenvalue weighted by Crippen LogP contribution is -2.50. The van der Waals surface area contributed by atoms with Crippen LogP contribution < -0.4 is 17.0 Å². The molecule has 1 aromatic heterocycles. The summed E-state index contributed by atoms with van der Waals surface area (Å²) in [6.45, 7) is 5.49. The summed E-state index contributed by atoms with van der Waals surface area (Å²) < 4.78 is 11.0. The Morgan fingerprint density at radius 2 is 1.93 bits per heavy atom. The van der Waals surface area contributed by atoms with Crippen LogP contribution in [-0.4, -0.2) is 63.6 Å². The van der Waals surface area contributed by atoms with E-state index in [1.165, 1.54) is 0 Å². The van der Waals surface area contributed by atoms with Crippen molar-refractivity contribution in [1.82, 2.24) is 14.5 Å². The van der Waals surface area contributed by atoms with E-state index in [1.807, 2.05) is 4.98 Å². The quantitative estimate of drug-likeness (QED) is 0.507. The maximum atomic E-state index is 12.6. The van der Waals surface area contributed by atoms with Crippen LogP contribution in [0.1, 0.15) is 27.7 Å². The first kappa shape index (κ1) is 23.1. The van der Waals surface area contributed by atoms with E-state index in [2.05, 4.69) is 0 Å². The molecular formula is C17H26N4O7. The average molecular weight is 398 g/mol. The van der Waals surface area contributed by atoms with Gasteiger partial charge in [0.25, 0.3) is 5.56 Å². The van der Waals surface area contributed by atoms with Crippen molar-refractivity contribution in [3.8, 4) is 0 Å². The molecule has 156 valence electrons. The molecule has 0 aromatic carbocycles. The van der Waals surface area contributed by atoms with Crippen molar-refractivity contribution in [2.45, 2.75) is 45.9 Å². The van der Waals surface area contributed by atoms with E-state index >= 15 is 0 Å². The zero-order valence-corrected chi connectivity index (χ0v) is 16.4. The van der Waals surface area contributed by atoms with Crippen LogP contribution >= 0.6 is 0 Å². The van der Waals surface area contributed by atoms with Crippen molar-refractivity contribution in [3.63, 3.8) is 0 Å². The number of hydrogen-bond acceptors (Lipinski definition) is 8. The number of hydrogen-bond donors (Lipinski definition) is 2. The molecule has 0 aliphatic heterocycles. The molecule has 0 saturated carbocycles. The summed E-state index contributed by atoms with van der Waals surface area (Å²) in [6, 6.07) is -0.124. The van der Waals surface area contributed by atoms with Crippen molar-refractivity contribution >= 4 is 17.8 Å². The Balaban J connectivity index is 2.95. The van der Waals surface area contributed by atoms with Gasteiger partial charge in [-0.3, -0.25) is 28.7 Å². The van der Waals surface area contributed by atoms with E-state index in [0.29, 0.717) is 0 Å². The maximum absolute atomic E-state index is 12.6. The highest BCUT2D eigenvalue weighted by Crippen LogP contribution is 2.08. The Labute approximate surface area is 161 Å². The van der Waals surface area contributed by atoms with Crippen LogP contribution in [0.5, 0.6) is 0 Å². The first-order valence-electron chi connectivity index (χ1n) is 8.64. The second-order valence-electron chi connectivity index (χ2n) is 6.96. The molecule has 1 heterocycles. The van der Waals surface area contributed by atoms with Gasteiger partial charge in [-0.1, -0.05) is 0 Å². The second-order valence-corrected chi connectivity index (χ2v) is 6.96. The second kappa shape index (κ2) is 9.83. The number of aromatic nitrogens is 2. The molecular weight excluding hydrogens is 372 g/mol. The number of H-pyrrole nitrogens is 1. The number of nitrogens with zero attached hydrogens (tertiary/aromatic N) is 2. The molecule has 11 nitrogen and oxygen atoms in total. The van der Waals surface area contributed by atoms with Crippen LogP contribution in [0.2, 0.25) is 0 Å². The molecule has 0 bridgehead atoms. The molecule has 0 saturated heterocycles. The summed E-state index contributed by atoms with van der Waals surface area (Å²) >= 11 is 0. The summed E-state index contributed by atoms with van der Waals surface area (Å²) in [5.41, 5.74) is 3.66. The zero-order valence-electron chi connectivity index (χ0n) is 16.4. The van der Waals surface area contributed by atoms with E-state index in [-0.39, 0.29) is 13.2 Å². The molecule has 0 aliphatic carbocycles. The first-order valence-corrected chi connectivity index (χ1v) is 8.64. The third-order valence-electron chi connectivity index (χ3n) is 3.31. The number of carbonyl (C=O) groups is 3. The summed E-state index contributed by atoms with van der Waals surface area (Å²) in [6.07, 6.45) is 1.15. The van der Waals surface area contributed by atoms with Gasteiger partial charge in [-0.25, -0.2) is 4.79 Å². The van der Waals surface area contributed by atoms with E-state index in [1.54, 1.807) is 27.7 Å². The molecule has 11 heteroatoms. The molecule has 0 fully saturated rings. The van der Waals surface area contributed by atoms with E-state index in [0.717, 1.165) is 21.7 Å². The number of nitrogens with two attached hydrogens (primary N) is 1. The van der Waals surface area contributed by atoms with Gasteiger partial charge in [-0.05, 0) is 27.7 Å². The molecule has 1 rings (SSSR count). The Hall–Kier alpha value is -2.95. The smallest absolute Gasteiger partial charge is 0.328 e. The molecule has 1 atom stereocenters. The van der Waals surface area contributed by atoms with Crippen LogP contribution in [-0.2, 0) is 30.4 Å². The fraction of sp³-hybridized carbons (Fsp3) is 0.588. The fourth-order valence-corrected chi connectivity index (χ4v) is 2.12. The van der Waals surface area contributed by atoms with Crippen LogP contribution in [0, 0.1) is 0 Å². The van der Waals surface area contributed by atoms with E-state index < -0.39 is 53.8 Å². The van der Waals surface area contributed by atoms with Gasteiger partial charge in [0.2, 0.25) is 5.91 Å². The number of aromatic amines is 1. The molecule has 0 spiro atoms. The number of esters is 2. The highest BCUT2D eigenvalue weighted by molar-refractivity contribution is 5.83. The van der Waals surface area contributed by atoms with Gasteiger partial charge in [0.15, 0.2) is 0 Å². The van der Waals surface area contributed by atoms with E-state index in [4.69, 9.17) is 15.2 Å². The molecule has 28 heavy (non-hydrogen) atoms. The maximum Gasteiger partial charge on any atom is 0.328 e. The predicted octanol–water partition coefficient (Wildman–Crippen LogP) is -1.40. The zero-order chi connectivity index (χ0) is 21.5. The summed E-state index contributed by atoms with van der Waals surface area (Å²) in [5.74, 6) is -2.10.